The van der Waals surface area contributed by atoms with Crippen LogP contribution in [-0.4, -0.2) is 27.3 Å². The minimum Gasteiger partial charge on any atom is -0.383 e. The van der Waals surface area contributed by atoms with E-state index in [9.17, 15) is 23.3 Å². The molecule has 1 unspecified atom stereocenters. The molecule has 1 aromatic rings. The van der Waals surface area contributed by atoms with Crippen LogP contribution in [-0.2, 0) is 6.42 Å². The molecular weight excluding hydrogens is 229 g/mol. The zero-order valence-electron chi connectivity index (χ0n) is 7.81. The number of aliphatic hydroxyl groups excluding tert-OH is 1. The highest BCUT2D eigenvalue weighted by molar-refractivity contribution is 5.26. The fourth-order valence-corrected chi connectivity index (χ4v) is 0.959. The van der Waals surface area contributed by atoms with E-state index in [0.717, 1.165) is 18.3 Å². The highest BCUT2D eigenvalue weighted by Crippen LogP contribution is 2.22. The quantitative estimate of drug-likeness (QED) is 0.636. The van der Waals surface area contributed by atoms with Crippen LogP contribution in [0, 0.1) is 10.1 Å². The Balaban J connectivity index is 2.73. The summed E-state index contributed by atoms with van der Waals surface area (Å²) in [5.41, 5.74) is -0.374. The van der Waals surface area contributed by atoms with Gasteiger partial charge in [-0.1, -0.05) is 0 Å². The minimum absolute atomic E-state index is 0.0598. The normalized spacial score (nSPS) is 13.5. The van der Waals surface area contributed by atoms with Crippen molar-refractivity contribution in [1.29, 1.82) is 0 Å². The van der Waals surface area contributed by atoms with Gasteiger partial charge in [-0.15, -0.1) is 0 Å². The van der Waals surface area contributed by atoms with E-state index < -0.39 is 23.6 Å². The van der Waals surface area contributed by atoms with E-state index >= 15 is 0 Å². The third-order valence-corrected chi connectivity index (χ3v) is 1.80. The van der Waals surface area contributed by atoms with Crippen LogP contribution in [0.1, 0.15) is 5.69 Å². The summed E-state index contributed by atoms with van der Waals surface area (Å²) in [7, 11) is 0. The van der Waals surface area contributed by atoms with Crippen LogP contribution in [0.4, 0.5) is 18.9 Å². The van der Waals surface area contributed by atoms with Gasteiger partial charge in [0.15, 0.2) is 6.10 Å². The summed E-state index contributed by atoms with van der Waals surface area (Å²) in [4.78, 5) is 13.0. The van der Waals surface area contributed by atoms with Gasteiger partial charge in [-0.25, -0.2) is 0 Å². The van der Waals surface area contributed by atoms with Crippen LogP contribution >= 0.6 is 0 Å². The van der Waals surface area contributed by atoms with Crippen LogP contribution in [0.25, 0.3) is 0 Å². The van der Waals surface area contributed by atoms with Gasteiger partial charge in [0, 0.05) is 18.2 Å². The number of nitro groups is 1. The van der Waals surface area contributed by atoms with Gasteiger partial charge in [0.05, 0.1) is 4.92 Å². The topological polar surface area (TPSA) is 76.3 Å². The Hall–Kier alpha value is -1.70. The molecule has 1 rings (SSSR count). The maximum Gasteiger partial charge on any atom is 0.414 e. The molecular formula is C8H7F3N2O3. The molecule has 0 bridgehead atoms. The molecule has 16 heavy (non-hydrogen) atoms. The Kier molecular flexibility index (Phi) is 3.43. The molecule has 0 aliphatic rings. The standard InChI is InChI=1S/C8H7F3N2O3/c9-8(10,11)7(14)3-5-1-2-6(4-12-5)13(15)16/h1-2,4,7,14H,3H2. The van der Waals surface area contributed by atoms with Crippen molar-refractivity contribution in [3.8, 4) is 0 Å². The minimum atomic E-state index is -4.72. The summed E-state index contributed by atoms with van der Waals surface area (Å²) >= 11 is 0. The summed E-state index contributed by atoms with van der Waals surface area (Å²) < 4.78 is 35.9. The first-order chi connectivity index (χ1) is 7.30. The third-order valence-electron chi connectivity index (χ3n) is 1.80. The van der Waals surface area contributed by atoms with E-state index in [-0.39, 0.29) is 11.4 Å². The van der Waals surface area contributed by atoms with Crippen LogP contribution < -0.4 is 0 Å². The van der Waals surface area contributed by atoms with E-state index in [4.69, 9.17) is 5.11 Å². The molecule has 1 heterocycles. The van der Waals surface area contributed by atoms with Crippen LogP contribution in [0.15, 0.2) is 18.3 Å². The zero-order chi connectivity index (χ0) is 12.3. The van der Waals surface area contributed by atoms with E-state index in [0.29, 0.717) is 0 Å². The molecule has 8 heteroatoms. The average Bonchev–Trinajstić information content (AvgIpc) is 2.17. The second kappa shape index (κ2) is 4.44. The lowest BCUT2D eigenvalue weighted by atomic mass is 10.2. The van der Waals surface area contributed by atoms with Crippen molar-refractivity contribution in [1.82, 2.24) is 4.98 Å². The molecule has 0 fully saturated rings. The second-order valence-corrected chi connectivity index (χ2v) is 3.03. The smallest absolute Gasteiger partial charge is 0.383 e. The van der Waals surface area contributed by atoms with Crippen molar-refractivity contribution in [2.45, 2.75) is 18.7 Å². The van der Waals surface area contributed by atoms with Crippen molar-refractivity contribution in [2.75, 3.05) is 0 Å². The second-order valence-electron chi connectivity index (χ2n) is 3.03. The molecule has 0 saturated carbocycles. The summed E-state index contributed by atoms with van der Waals surface area (Å²) in [5.74, 6) is 0. The highest BCUT2D eigenvalue weighted by Gasteiger charge is 2.38. The predicted octanol–water partition coefficient (Wildman–Crippen LogP) is 1.46. The lowest BCUT2D eigenvalue weighted by molar-refractivity contribution is -0.385. The molecule has 0 amide bonds. The number of halogens is 3. The van der Waals surface area contributed by atoms with Gasteiger partial charge < -0.3 is 5.11 Å². The number of alkyl halides is 3. The van der Waals surface area contributed by atoms with Gasteiger partial charge in [-0.2, -0.15) is 13.2 Å². The van der Waals surface area contributed by atoms with Gasteiger partial charge in [-0.3, -0.25) is 15.1 Å². The Morgan fingerprint density at radius 1 is 1.50 bits per heavy atom. The molecule has 0 saturated heterocycles. The summed E-state index contributed by atoms with van der Waals surface area (Å²) in [5, 5.41) is 18.9. The number of pyridine rings is 1. The maximum absolute atomic E-state index is 12.0. The molecule has 88 valence electrons. The fraction of sp³-hybridized carbons (Fsp3) is 0.375. The highest BCUT2D eigenvalue weighted by atomic mass is 19.4. The van der Waals surface area contributed by atoms with E-state index in [1.54, 1.807) is 0 Å². The Bertz CT molecular complexity index is 377. The van der Waals surface area contributed by atoms with Gasteiger partial charge >= 0.3 is 6.18 Å². The van der Waals surface area contributed by atoms with Crippen LogP contribution in [0.5, 0.6) is 0 Å². The van der Waals surface area contributed by atoms with Crippen molar-refractivity contribution >= 4 is 5.69 Å². The maximum atomic E-state index is 12.0. The molecule has 0 aliphatic carbocycles. The monoisotopic (exact) mass is 236 g/mol. The molecule has 0 radical (unpaired) electrons. The number of hydrogen-bond donors (Lipinski definition) is 1. The molecule has 0 aliphatic heterocycles. The molecule has 0 spiro atoms. The first-order valence-electron chi connectivity index (χ1n) is 4.15. The molecule has 1 aromatic heterocycles. The first kappa shape index (κ1) is 12.4. The van der Waals surface area contributed by atoms with Crippen molar-refractivity contribution < 1.29 is 23.2 Å². The SMILES string of the molecule is O=[N+]([O-])c1ccc(CC(O)C(F)(F)F)nc1. The average molecular weight is 236 g/mol. The molecule has 1 N–H and O–H groups in total. The Morgan fingerprint density at radius 2 is 2.12 bits per heavy atom. The largest absolute Gasteiger partial charge is 0.414 e. The Labute approximate surface area is 87.7 Å². The number of aromatic nitrogens is 1. The van der Waals surface area contributed by atoms with Crippen molar-refractivity contribution in [3.05, 3.63) is 34.1 Å². The lowest BCUT2D eigenvalue weighted by Gasteiger charge is -2.13. The number of nitrogens with zero attached hydrogens (tertiary/aromatic N) is 2. The molecule has 1 atom stereocenters. The van der Waals surface area contributed by atoms with Crippen LogP contribution in [0.3, 0.4) is 0 Å². The summed E-state index contributed by atoms with van der Waals surface area (Å²) in [6, 6.07) is 2.11. The van der Waals surface area contributed by atoms with Crippen LogP contribution in [0.2, 0.25) is 0 Å². The van der Waals surface area contributed by atoms with Crippen molar-refractivity contribution in [3.63, 3.8) is 0 Å². The van der Waals surface area contributed by atoms with E-state index in [1.165, 1.54) is 0 Å². The van der Waals surface area contributed by atoms with E-state index in [2.05, 4.69) is 4.98 Å². The third kappa shape index (κ3) is 3.16. The van der Waals surface area contributed by atoms with Gasteiger partial charge in [0.1, 0.15) is 6.20 Å². The first-order valence-corrected chi connectivity index (χ1v) is 4.15. The lowest BCUT2D eigenvalue weighted by Crippen LogP contribution is -2.30. The summed E-state index contributed by atoms with van der Waals surface area (Å²) in [6.07, 6.45) is -7.11. The Morgan fingerprint density at radius 3 is 2.50 bits per heavy atom. The van der Waals surface area contributed by atoms with Crippen molar-refractivity contribution in [2.24, 2.45) is 0 Å². The molecule has 0 aromatic carbocycles. The fourth-order valence-electron chi connectivity index (χ4n) is 0.959. The molecule has 5 nitrogen and oxygen atoms in total. The van der Waals surface area contributed by atoms with Gasteiger partial charge in [0.25, 0.3) is 5.69 Å². The number of aliphatic hydroxyl groups is 1. The predicted molar refractivity (Wildman–Crippen MR) is 46.7 cm³/mol. The zero-order valence-corrected chi connectivity index (χ0v) is 7.81. The van der Waals surface area contributed by atoms with E-state index in [1.807, 2.05) is 0 Å². The number of hydrogen-bond acceptors (Lipinski definition) is 4. The number of rotatable bonds is 3. The van der Waals surface area contributed by atoms with Gasteiger partial charge in [0.2, 0.25) is 0 Å². The van der Waals surface area contributed by atoms with Gasteiger partial charge in [-0.05, 0) is 6.07 Å². The summed E-state index contributed by atoms with van der Waals surface area (Å²) in [6.45, 7) is 0.